The number of nitrogens with one attached hydrogen (secondary N) is 2. The summed E-state index contributed by atoms with van der Waals surface area (Å²) < 4.78 is 0. The molecular weight excluding hydrogens is 314 g/mol. The minimum Gasteiger partial charge on any atom is -0.353 e. The van der Waals surface area contributed by atoms with Crippen molar-refractivity contribution >= 4 is 11.8 Å². The molecule has 0 spiro atoms. The van der Waals surface area contributed by atoms with Crippen LogP contribution in [-0.2, 0) is 16.0 Å². The van der Waals surface area contributed by atoms with E-state index in [0.717, 1.165) is 45.2 Å². The van der Waals surface area contributed by atoms with Gasteiger partial charge < -0.3 is 10.6 Å². The fourth-order valence-corrected chi connectivity index (χ4v) is 3.76. The Morgan fingerprint density at radius 1 is 1.32 bits per heavy atom. The van der Waals surface area contributed by atoms with Crippen molar-refractivity contribution in [3.05, 3.63) is 35.9 Å². The first kappa shape index (κ1) is 17.9. The van der Waals surface area contributed by atoms with E-state index < -0.39 is 0 Å². The number of piperazine rings is 1. The van der Waals surface area contributed by atoms with E-state index in [0.29, 0.717) is 6.54 Å². The van der Waals surface area contributed by atoms with Crippen LogP contribution in [0.4, 0.5) is 0 Å². The summed E-state index contributed by atoms with van der Waals surface area (Å²) in [7, 11) is 0. The molecule has 2 aliphatic rings. The third kappa shape index (κ3) is 4.82. The molecule has 3 rings (SSSR count). The van der Waals surface area contributed by atoms with Gasteiger partial charge in [-0.3, -0.25) is 14.5 Å². The number of benzene rings is 1. The van der Waals surface area contributed by atoms with Crippen LogP contribution < -0.4 is 10.6 Å². The van der Waals surface area contributed by atoms with Crippen LogP contribution in [0, 0.1) is 0 Å². The van der Waals surface area contributed by atoms with Gasteiger partial charge in [-0.25, -0.2) is 0 Å². The first-order valence-electron chi connectivity index (χ1n) is 9.48. The number of carbonyl (C=O) groups excluding carboxylic acids is 2. The molecule has 1 aliphatic carbocycles. The lowest BCUT2D eigenvalue weighted by Crippen LogP contribution is -2.57. The Kier molecular flexibility index (Phi) is 5.74. The molecule has 1 aromatic carbocycles. The summed E-state index contributed by atoms with van der Waals surface area (Å²) in [4.78, 5) is 27.0. The lowest BCUT2D eigenvalue weighted by molar-refractivity contribution is -0.134. The Bertz CT molecular complexity index is 598. The van der Waals surface area contributed by atoms with Crippen molar-refractivity contribution in [2.24, 2.45) is 0 Å². The highest BCUT2D eigenvalue weighted by atomic mass is 16.2. The van der Waals surface area contributed by atoms with Gasteiger partial charge in [0, 0.05) is 25.2 Å². The van der Waals surface area contributed by atoms with Crippen molar-refractivity contribution in [2.75, 3.05) is 19.6 Å². The second kappa shape index (κ2) is 8.00. The third-order valence-electron chi connectivity index (χ3n) is 5.34. The minimum atomic E-state index is -0.352. The molecular formula is C20H29N3O2. The Hall–Kier alpha value is -1.88. The molecule has 1 saturated carbocycles. The average molecular weight is 343 g/mol. The van der Waals surface area contributed by atoms with E-state index in [1.807, 2.05) is 18.2 Å². The molecule has 136 valence electrons. The molecule has 2 N–H and O–H groups in total. The third-order valence-corrected chi connectivity index (χ3v) is 5.34. The molecule has 0 aromatic heterocycles. The normalized spacial score (nSPS) is 22.3. The van der Waals surface area contributed by atoms with Gasteiger partial charge in [-0.05, 0) is 31.2 Å². The van der Waals surface area contributed by atoms with Crippen molar-refractivity contribution in [3.63, 3.8) is 0 Å². The summed E-state index contributed by atoms with van der Waals surface area (Å²) in [5, 5.41) is 6.09. The molecule has 5 nitrogen and oxygen atoms in total. The summed E-state index contributed by atoms with van der Waals surface area (Å²) in [6, 6.07) is 9.93. The average Bonchev–Trinajstić information content (AvgIpc) is 3.35. The van der Waals surface area contributed by atoms with E-state index >= 15 is 0 Å². The van der Waals surface area contributed by atoms with Gasteiger partial charge in [-0.15, -0.1) is 0 Å². The molecule has 1 atom stereocenters. The fraction of sp³-hybridized carbons (Fsp3) is 0.600. The van der Waals surface area contributed by atoms with Gasteiger partial charge in [-0.2, -0.15) is 0 Å². The number of carbonyl (C=O) groups is 2. The van der Waals surface area contributed by atoms with Crippen LogP contribution in [0.2, 0.25) is 0 Å². The maximum Gasteiger partial charge on any atom is 0.237 e. The van der Waals surface area contributed by atoms with Crippen LogP contribution in [0.25, 0.3) is 0 Å². The second-order valence-corrected chi connectivity index (χ2v) is 7.36. The van der Waals surface area contributed by atoms with Gasteiger partial charge in [0.15, 0.2) is 0 Å². The molecule has 0 radical (unpaired) electrons. The van der Waals surface area contributed by atoms with E-state index in [4.69, 9.17) is 0 Å². The van der Waals surface area contributed by atoms with E-state index in [9.17, 15) is 9.59 Å². The molecule has 1 saturated heterocycles. The van der Waals surface area contributed by atoms with Gasteiger partial charge in [0.2, 0.25) is 11.8 Å². The van der Waals surface area contributed by atoms with Crippen molar-refractivity contribution < 1.29 is 9.59 Å². The highest BCUT2D eigenvalue weighted by Crippen LogP contribution is 2.39. The standard InChI is InChI=1S/C20H29N3O2/c1-2-9-20(10-11-20)22-18(24)15-17-19(25)21-12-14-23(17)13-8-16-6-4-3-5-7-16/h3-7,17H,2,8-15H2,1H3,(H,21,25)(H,22,24)/t17-/m1/s1. The van der Waals surface area contributed by atoms with E-state index in [-0.39, 0.29) is 29.8 Å². The molecule has 25 heavy (non-hydrogen) atoms. The summed E-state index contributed by atoms with van der Waals surface area (Å²) >= 11 is 0. The van der Waals surface area contributed by atoms with Crippen LogP contribution in [0.15, 0.2) is 30.3 Å². The van der Waals surface area contributed by atoms with Crippen molar-refractivity contribution in [1.29, 1.82) is 0 Å². The highest BCUT2D eigenvalue weighted by Gasteiger charge is 2.43. The number of nitrogens with zero attached hydrogens (tertiary/aromatic N) is 1. The topological polar surface area (TPSA) is 61.4 Å². The van der Waals surface area contributed by atoms with Crippen LogP contribution in [-0.4, -0.2) is 47.9 Å². The molecule has 5 heteroatoms. The SMILES string of the molecule is CCCC1(NC(=O)C[C@@H]2C(=O)NCCN2CCc2ccccc2)CC1. The smallest absolute Gasteiger partial charge is 0.237 e. The Labute approximate surface area is 150 Å². The van der Waals surface area contributed by atoms with Crippen LogP contribution in [0.3, 0.4) is 0 Å². The Morgan fingerprint density at radius 2 is 2.08 bits per heavy atom. The Balaban J connectivity index is 1.56. The molecule has 1 heterocycles. The monoisotopic (exact) mass is 343 g/mol. The first-order valence-corrected chi connectivity index (χ1v) is 9.48. The number of hydrogen-bond acceptors (Lipinski definition) is 3. The molecule has 1 aliphatic heterocycles. The molecule has 1 aromatic rings. The van der Waals surface area contributed by atoms with Crippen LogP contribution in [0.1, 0.15) is 44.6 Å². The zero-order valence-corrected chi connectivity index (χ0v) is 15.1. The van der Waals surface area contributed by atoms with Gasteiger partial charge in [0.25, 0.3) is 0 Å². The maximum absolute atomic E-state index is 12.5. The summed E-state index contributed by atoms with van der Waals surface area (Å²) in [6.07, 6.45) is 5.40. The van der Waals surface area contributed by atoms with E-state index in [2.05, 4.69) is 34.6 Å². The second-order valence-electron chi connectivity index (χ2n) is 7.36. The van der Waals surface area contributed by atoms with Gasteiger partial charge >= 0.3 is 0 Å². The van der Waals surface area contributed by atoms with Gasteiger partial charge in [0.05, 0.1) is 12.5 Å². The molecule has 0 bridgehead atoms. The Morgan fingerprint density at radius 3 is 2.76 bits per heavy atom. The van der Waals surface area contributed by atoms with Crippen LogP contribution in [0.5, 0.6) is 0 Å². The summed E-state index contributed by atoms with van der Waals surface area (Å²) in [5.74, 6) is -0.00693. The molecule has 0 unspecified atom stereocenters. The fourth-order valence-electron chi connectivity index (χ4n) is 3.76. The lowest BCUT2D eigenvalue weighted by Gasteiger charge is -2.35. The quantitative estimate of drug-likeness (QED) is 0.757. The lowest BCUT2D eigenvalue weighted by atomic mass is 10.0. The zero-order valence-electron chi connectivity index (χ0n) is 15.1. The van der Waals surface area contributed by atoms with Gasteiger partial charge in [0.1, 0.15) is 0 Å². The minimum absolute atomic E-state index is 0.0118. The molecule has 2 amide bonds. The van der Waals surface area contributed by atoms with Crippen molar-refractivity contribution in [3.8, 4) is 0 Å². The van der Waals surface area contributed by atoms with Crippen molar-refractivity contribution in [1.82, 2.24) is 15.5 Å². The first-order chi connectivity index (χ1) is 12.1. The number of rotatable bonds is 8. The zero-order chi connectivity index (χ0) is 17.7. The maximum atomic E-state index is 12.5. The van der Waals surface area contributed by atoms with E-state index in [1.54, 1.807) is 0 Å². The molecule has 2 fully saturated rings. The predicted molar refractivity (Wildman–Crippen MR) is 98.1 cm³/mol. The van der Waals surface area contributed by atoms with Gasteiger partial charge in [-0.1, -0.05) is 43.7 Å². The summed E-state index contributed by atoms with van der Waals surface area (Å²) in [6.45, 7) is 4.41. The number of amides is 2. The predicted octanol–water partition coefficient (Wildman–Crippen LogP) is 1.87. The summed E-state index contributed by atoms with van der Waals surface area (Å²) in [5.41, 5.74) is 1.28. The van der Waals surface area contributed by atoms with Crippen molar-refractivity contribution in [2.45, 2.75) is 57.0 Å². The highest BCUT2D eigenvalue weighted by molar-refractivity contribution is 5.89. The van der Waals surface area contributed by atoms with E-state index in [1.165, 1.54) is 5.56 Å². The van der Waals surface area contributed by atoms with Crippen LogP contribution >= 0.6 is 0 Å². The number of hydrogen-bond donors (Lipinski definition) is 2. The largest absolute Gasteiger partial charge is 0.353 e.